The second-order valence-electron chi connectivity index (χ2n) is 14.5. The van der Waals surface area contributed by atoms with Crippen LogP contribution in [0.25, 0.3) is 11.0 Å². The molecule has 48 heavy (non-hydrogen) atoms. The van der Waals surface area contributed by atoms with Crippen molar-refractivity contribution in [3.8, 4) is 0 Å². The Morgan fingerprint density at radius 2 is 1.67 bits per heavy atom. The van der Waals surface area contributed by atoms with E-state index in [4.69, 9.17) is 16.0 Å². The highest BCUT2D eigenvalue weighted by Gasteiger charge is 2.48. The van der Waals surface area contributed by atoms with Gasteiger partial charge in [-0.15, -0.1) is 0 Å². The summed E-state index contributed by atoms with van der Waals surface area (Å²) in [5, 5.41) is 6.64. The third kappa shape index (κ3) is 8.80. The van der Waals surface area contributed by atoms with Gasteiger partial charge in [0.2, 0.25) is 5.91 Å². The maximum Gasteiger partial charge on any atom is 0.416 e. The van der Waals surface area contributed by atoms with Crippen molar-refractivity contribution in [1.29, 1.82) is 0 Å². The molecule has 2 fully saturated rings. The lowest BCUT2D eigenvalue weighted by atomic mass is 9.63. The molecular weight excluding hydrogens is 643 g/mol. The molecule has 0 unspecified atom stereocenters. The van der Waals surface area contributed by atoms with Gasteiger partial charge >= 0.3 is 6.18 Å². The summed E-state index contributed by atoms with van der Waals surface area (Å²) in [5.41, 5.74) is -1.52. The minimum absolute atomic E-state index is 0.0971. The van der Waals surface area contributed by atoms with E-state index in [0.29, 0.717) is 30.3 Å². The maximum absolute atomic E-state index is 13.8. The van der Waals surface area contributed by atoms with Crippen LogP contribution in [0.1, 0.15) is 93.8 Å². The molecule has 2 amide bonds. The molecule has 2 N–H and O–H groups in total. The Labute approximate surface area is 284 Å². The minimum atomic E-state index is -4.61. The fourth-order valence-corrected chi connectivity index (χ4v) is 7.41. The van der Waals surface area contributed by atoms with Crippen molar-refractivity contribution in [1.82, 2.24) is 15.5 Å². The zero-order valence-electron chi connectivity index (χ0n) is 27.9. The molecule has 2 heterocycles. The molecule has 1 aromatic heterocycles. The van der Waals surface area contributed by atoms with Crippen molar-refractivity contribution in [2.45, 2.75) is 96.3 Å². The quantitative estimate of drug-likeness (QED) is 0.240. The Morgan fingerprint density at radius 1 is 1.00 bits per heavy atom. The topological polar surface area (TPSA) is 91.7 Å². The molecule has 0 bridgehead atoms. The lowest BCUT2D eigenvalue weighted by Crippen LogP contribution is -2.56. The number of halogens is 4. The van der Waals surface area contributed by atoms with E-state index in [1.54, 1.807) is 12.1 Å². The third-order valence-corrected chi connectivity index (χ3v) is 10.1. The molecule has 11 heteroatoms. The van der Waals surface area contributed by atoms with E-state index >= 15 is 0 Å². The number of nitrogens with zero attached hydrogens (tertiary/aromatic N) is 1. The van der Waals surface area contributed by atoms with Crippen molar-refractivity contribution in [2.24, 2.45) is 11.3 Å². The highest BCUT2D eigenvalue weighted by molar-refractivity contribution is 6.30. The van der Waals surface area contributed by atoms with E-state index in [1.807, 2.05) is 32.9 Å². The molecule has 1 atom stereocenters. The van der Waals surface area contributed by atoms with Gasteiger partial charge in [-0.1, -0.05) is 43.0 Å². The average molecular weight is 688 g/mol. The van der Waals surface area contributed by atoms with Gasteiger partial charge < -0.3 is 20.0 Å². The minimum Gasteiger partial charge on any atom is -0.451 e. The van der Waals surface area contributed by atoms with Crippen molar-refractivity contribution in [2.75, 3.05) is 19.6 Å². The largest absolute Gasteiger partial charge is 0.451 e. The fourth-order valence-electron chi connectivity index (χ4n) is 7.29. The van der Waals surface area contributed by atoms with Crippen LogP contribution in [0.5, 0.6) is 0 Å². The number of carbonyl (C=O) groups is 2. The maximum atomic E-state index is 13.8. The molecule has 1 saturated heterocycles. The first kappa shape index (κ1) is 35.9. The molecule has 1 saturated carbocycles. The van der Waals surface area contributed by atoms with Gasteiger partial charge in [0, 0.05) is 29.2 Å². The summed E-state index contributed by atoms with van der Waals surface area (Å²) in [7, 11) is 0. The van der Waals surface area contributed by atoms with Gasteiger partial charge in [0.1, 0.15) is 5.58 Å². The predicted octanol–water partition coefficient (Wildman–Crippen LogP) is 7.77. The van der Waals surface area contributed by atoms with Gasteiger partial charge in [-0.3, -0.25) is 14.4 Å². The zero-order valence-corrected chi connectivity index (χ0v) is 28.6. The number of hydrogen-bond acceptors (Lipinski definition) is 5. The van der Waals surface area contributed by atoms with Gasteiger partial charge in [0.15, 0.2) is 11.2 Å². The molecular formula is C37H45ClF3N3O4. The van der Waals surface area contributed by atoms with Crippen LogP contribution in [0.4, 0.5) is 13.2 Å². The van der Waals surface area contributed by atoms with Crippen LogP contribution < -0.4 is 16.1 Å². The van der Waals surface area contributed by atoms with Gasteiger partial charge in [-0.2, -0.15) is 13.2 Å². The average Bonchev–Trinajstić information content (AvgIpc) is 3.04. The number of carbonyl (C=O) groups excluding carboxylic acids is 2. The number of nitrogens with one attached hydrogen (secondary N) is 2. The smallest absolute Gasteiger partial charge is 0.416 e. The highest BCUT2D eigenvalue weighted by atomic mass is 35.5. The molecule has 2 aromatic carbocycles. The first-order valence-electron chi connectivity index (χ1n) is 16.9. The second-order valence-corrected chi connectivity index (χ2v) is 14.9. The molecule has 1 aliphatic heterocycles. The number of piperidine rings is 1. The second kappa shape index (κ2) is 14.6. The van der Waals surface area contributed by atoms with Crippen LogP contribution in [0, 0.1) is 11.3 Å². The number of hydrogen-bond donors (Lipinski definition) is 2. The van der Waals surface area contributed by atoms with Crippen LogP contribution in [0.15, 0.2) is 57.7 Å². The molecule has 5 rings (SSSR count). The van der Waals surface area contributed by atoms with E-state index in [1.165, 1.54) is 6.42 Å². The summed E-state index contributed by atoms with van der Waals surface area (Å²) in [5.74, 6) is -0.347. The first-order valence-corrected chi connectivity index (χ1v) is 17.3. The molecule has 0 spiro atoms. The molecule has 7 nitrogen and oxygen atoms in total. The van der Waals surface area contributed by atoms with E-state index in [0.717, 1.165) is 81.4 Å². The normalized spacial score (nSPS) is 18.4. The summed E-state index contributed by atoms with van der Waals surface area (Å²) in [6.45, 7) is 8.30. The third-order valence-electron chi connectivity index (χ3n) is 9.88. The van der Waals surface area contributed by atoms with Crippen molar-refractivity contribution in [3.05, 3.63) is 80.7 Å². The molecule has 260 valence electrons. The lowest BCUT2D eigenvalue weighted by Gasteiger charge is -2.47. The van der Waals surface area contributed by atoms with E-state index in [-0.39, 0.29) is 39.6 Å². The number of fused-ring (bicyclic) bond motifs is 1. The van der Waals surface area contributed by atoms with Crippen molar-refractivity contribution < 1.29 is 27.2 Å². The monoisotopic (exact) mass is 687 g/mol. The van der Waals surface area contributed by atoms with Crippen LogP contribution in [0.2, 0.25) is 5.02 Å². The number of likely N-dealkylation sites (tertiary alicyclic amines) is 1. The fraction of sp³-hybridized carbons (Fsp3) is 0.541. The molecule has 1 aliphatic carbocycles. The van der Waals surface area contributed by atoms with Crippen molar-refractivity contribution in [3.63, 3.8) is 0 Å². The van der Waals surface area contributed by atoms with Crippen LogP contribution in [0.3, 0.4) is 0 Å². The first-order chi connectivity index (χ1) is 22.6. The Kier molecular flexibility index (Phi) is 10.9. The SMILES string of the molecule is CC(C)(C)NC(=O)C1(C2CCCCC2)CCN(CC[C@H](Cc2ccc(Cl)cc2)NC(=O)c2cc(=O)c3cc(C(F)(F)F)ccc3o2)CC1. The van der Waals surface area contributed by atoms with E-state index in [9.17, 15) is 27.6 Å². The van der Waals surface area contributed by atoms with Crippen molar-refractivity contribution >= 4 is 34.4 Å². The Morgan fingerprint density at radius 3 is 2.29 bits per heavy atom. The number of amides is 2. The Hall–Kier alpha value is -3.37. The summed E-state index contributed by atoms with van der Waals surface area (Å²) >= 11 is 6.10. The lowest BCUT2D eigenvalue weighted by molar-refractivity contribution is -0.141. The Balaban J connectivity index is 1.29. The molecule has 3 aromatic rings. The van der Waals surface area contributed by atoms with E-state index < -0.39 is 23.1 Å². The molecule has 0 radical (unpaired) electrons. The van der Waals surface area contributed by atoms with E-state index in [2.05, 4.69) is 15.5 Å². The van der Waals surface area contributed by atoms with Gasteiger partial charge in [-0.05, 0) is 114 Å². The summed E-state index contributed by atoms with van der Waals surface area (Å²) < 4.78 is 45.2. The number of alkyl halides is 3. The number of benzene rings is 2. The van der Waals surface area contributed by atoms with Crippen LogP contribution >= 0.6 is 11.6 Å². The summed E-state index contributed by atoms with van der Waals surface area (Å²) in [4.78, 5) is 42.3. The highest BCUT2D eigenvalue weighted by Crippen LogP contribution is 2.46. The van der Waals surface area contributed by atoms with Gasteiger partial charge in [0.05, 0.1) is 16.4 Å². The predicted molar refractivity (Wildman–Crippen MR) is 181 cm³/mol. The van der Waals surface area contributed by atoms with Gasteiger partial charge in [0.25, 0.3) is 5.91 Å². The standard InChI is InChI=1S/C37H45ClF3N3O4/c1-35(2,3)43-34(47)36(25-7-5-4-6-8-25)16-19-44(20-17-36)18-15-28(21-24-9-12-27(38)13-10-24)42-33(46)32-23-30(45)29-22-26(37(39,40)41)11-14-31(29)48-32/h9-14,22-23,25,28H,4-8,15-21H2,1-3H3,(H,42,46)(H,43,47)/t28-/m1/s1. The summed E-state index contributed by atoms with van der Waals surface area (Å²) in [6.07, 6.45) is 3.75. The Bertz CT molecular complexity index is 1650. The van der Waals surface area contributed by atoms with Crippen LogP contribution in [-0.2, 0) is 17.4 Å². The van der Waals surface area contributed by atoms with Gasteiger partial charge in [-0.25, -0.2) is 0 Å². The molecule has 2 aliphatic rings. The zero-order chi connectivity index (χ0) is 34.7. The van der Waals surface area contributed by atoms with Crippen LogP contribution in [-0.4, -0.2) is 47.9 Å². The summed E-state index contributed by atoms with van der Waals surface area (Å²) in [6, 6.07) is 10.6. The number of rotatable bonds is 9.